The maximum absolute atomic E-state index is 14.6. The molecule has 1 aromatic heterocycles. The highest BCUT2D eigenvalue weighted by Gasteiger charge is 2.50. The Morgan fingerprint density at radius 3 is 2.59 bits per heavy atom. The summed E-state index contributed by atoms with van der Waals surface area (Å²) >= 11 is 1.42. The van der Waals surface area contributed by atoms with Crippen molar-refractivity contribution in [1.82, 2.24) is 14.8 Å². The first-order chi connectivity index (χ1) is 18.8. The van der Waals surface area contributed by atoms with E-state index in [9.17, 15) is 13.2 Å². The fraction of sp³-hybridized carbons (Fsp3) is 0.357. The van der Waals surface area contributed by atoms with Crippen molar-refractivity contribution in [2.75, 3.05) is 38.5 Å². The lowest BCUT2D eigenvalue weighted by Crippen LogP contribution is -2.47. The average molecular weight is 554 g/mol. The zero-order valence-corrected chi connectivity index (χ0v) is 22.3. The Balaban J connectivity index is 1.50. The highest BCUT2D eigenvalue weighted by Crippen LogP contribution is 2.52. The van der Waals surface area contributed by atoms with Crippen LogP contribution in [0.1, 0.15) is 39.6 Å². The Bertz CT molecular complexity index is 1400. The van der Waals surface area contributed by atoms with Crippen LogP contribution in [0.2, 0.25) is 0 Å². The van der Waals surface area contributed by atoms with E-state index in [0.29, 0.717) is 12.0 Å². The van der Waals surface area contributed by atoms with Gasteiger partial charge in [-0.1, -0.05) is 42.5 Å². The van der Waals surface area contributed by atoms with Gasteiger partial charge < -0.3 is 16.0 Å². The smallest absolute Gasteiger partial charge is 0.370 e. The van der Waals surface area contributed by atoms with Crippen molar-refractivity contribution in [2.24, 2.45) is 15.8 Å². The number of piperazine rings is 1. The molecule has 0 amide bonds. The molecule has 11 heteroatoms. The van der Waals surface area contributed by atoms with Crippen molar-refractivity contribution in [3.05, 3.63) is 87.1 Å². The lowest BCUT2D eigenvalue weighted by Gasteiger charge is -2.43. The first kappa shape index (κ1) is 25.8. The Morgan fingerprint density at radius 1 is 1.08 bits per heavy atom. The molecule has 0 radical (unpaired) electrons. The minimum absolute atomic E-state index is 0.130. The van der Waals surface area contributed by atoms with Crippen molar-refractivity contribution in [3.63, 3.8) is 0 Å². The first-order valence-electron chi connectivity index (χ1n) is 12.9. The summed E-state index contributed by atoms with van der Waals surface area (Å²) in [4.78, 5) is 9.87. The molecule has 6 rings (SSSR count). The van der Waals surface area contributed by atoms with Crippen molar-refractivity contribution in [2.45, 2.75) is 30.8 Å². The van der Waals surface area contributed by atoms with E-state index in [2.05, 4.69) is 15.1 Å². The molecule has 1 saturated heterocycles. The molecule has 3 N–H and O–H groups in total. The standard InChI is InChI=1S/C28H30F3N7S/c1-36-12-14-37(15-13-36)18-20-7-8-21(17-22(20)28(29,30)31)27(25-23(10-16-39-25)34-26(32)35-27)38-24(9-11-33-38)19-5-3-2-4-6-19/h2-8,10-11,16-17,24H,9,12-15,18H2,1H3,(H3,32,34,35). The number of likely N-dealkylation sites (N-methyl/N-ethyl adjacent to an activating group) is 1. The van der Waals surface area contributed by atoms with Gasteiger partial charge in [0.05, 0.1) is 22.2 Å². The van der Waals surface area contributed by atoms with Gasteiger partial charge in [-0.05, 0) is 35.7 Å². The molecule has 1 fully saturated rings. The Kier molecular flexibility index (Phi) is 6.60. The number of nitrogens with zero attached hydrogens (tertiary/aromatic N) is 5. The van der Waals surface area contributed by atoms with Crippen molar-refractivity contribution >= 4 is 29.2 Å². The third-order valence-electron chi connectivity index (χ3n) is 7.68. The molecule has 3 aliphatic heterocycles. The molecule has 4 heterocycles. The van der Waals surface area contributed by atoms with E-state index in [0.717, 1.165) is 42.3 Å². The second-order valence-corrected chi connectivity index (χ2v) is 11.1. The molecule has 7 nitrogen and oxygen atoms in total. The van der Waals surface area contributed by atoms with Gasteiger partial charge in [0.1, 0.15) is 0 Å². The normalized spacial score (nSPS) is 23.9. The van der Waals surface area contributed by atoms with Gasteiger partial charge in [0.15, 0.2) is 5.96 Å². The molecule has 0 saturated carbocycles. The molecule has 0 bridgehead atoms. The zero-order chi connectivity index (χ0) is 27.2. The van der Waals surface area contributed by atoms with Crippen LogP contribution in [0.5, 0.6) is 0 Å². The monoisotopic (exact) mass is 553 g/mol. The van der Waals surface area contributed by atoms with Crippen LogP contribution in [0, 0.1) is 0 Å². The quantitative estimate of drug-likeness (QED) is 0.471. The number of guanidine groups is 1. The number of alkyl halides is 3. The van der Waals surface area contributed by atoms with Gasteiger partial charge in [0.2, 0.25) is 5.66 Å². The number of benzene rings is 2. The van der Waals surface area contributed by atoms with Crippen LogP contribution in [0.15, 0.2) is 70.1 Å². The van der Waals surface area contributed by atoms with Crippen LogP contribution in [-0.4, -0.2) is 60.2 Å². The minimum Gasteiger partial charge on any atom is -0.370 e. The summed E-state index contributed by atoms with van der Waals surface area (Å²) in [6.45, 7) is 3.36. The highest BCUT2D eigenvalue weighted by molar-refractivity contribution is 7.10. The maximum atomic E-state index is 14.6. The SMILES string of the molecule is CN1CCN(Cc2ccc(C3(N4N=CCC4c4ccccc4)N=C(N)Nc4ccsc43)cc2C(F)(F)F)CC1. The number of aliphatic imine (C=N–C) groups is 1. The molecule has 39 heavy (non-hydrogen) atoms. The van der Waals surface area contributed by atoms with E-state index in [-0.39, 0.29) is 24.1 Å². The topological polar surface area (TPSA) is 72.5 Å². The van der Waals surface area contributed by atoms with Crippen molar-refractivity contribution < 1.29 is 13.2 Å². The third-order valence-corrected chi connectivity index (χ3v) is 8.69. The van der Waals surface area contributed by atoms with E-state index < -0.39 is 17.4 Å². The van der Waals surface area contributed by atoms with Crippen LogP contribution in [-0.2, 0) is 18.4 Å². The number of hydrazone groups is 1. The second-order valence-electron chi connectivity index (χ2n) is 10.2. The summed E-state index contributed by atoms with van der Waals surface area (Å²) in [5.74, 6) is 0.130. The Hall–Kier alpha value is -3.41. The number of thiophene rings is 1. The Labute approximate surface area is 229 Å². The lowest BCUT2D eigenvalue weighted by atomic mass is 9.89. The number of hydrogen-bond acceptors (Lipinski definition) is 8. The van der Waals surface area contributed by atoms with E-state index >= 15 is 0 Å². The largest absolute Gasteiger partial charge is 0.416 e. The molecule has 0 aliphatic carbocycles. The van der Waals surface area contributed by atoms with E-state index in [1.165, 1.54) is 17.4 Å². The number of fused-ring (bicyclic) bond motifs is 1. The number of hydrogen-bond donors (Lipinski definition) is 2. The molecule has 2 atom stereocenters. The van der Waals surface area contributed by atoms with Gasteiger partial charge >= 0.3 is 6.18 Å². The van der Waals surface area contributed by atoms with Crippen LogP contribution in [0.3, 0.4) is 0 Å². The molecule has 2 aromatic carbocycles. The number of anilines is 1. The van der Waals surface area contributed by atoms with E-state index in [1.54, 1.807) is 18.3 Å². The second kappa shape index (κ2) is 9.96. The van der Waals surface area contributed by atoms with Gasteiger partial charge in [0, 0.05) is 50.9 Å². The summed E-state index contributed by atoms with van der Waals surface area (Å²) in [6.07, 6.45) is -2.14. The summed E-state index contributed by atoms with van der Waals surface area (Å²) < 4.78 is 43.9. The highest BCUT2D eigenvalue weighted by atomic mass is 32.1. The van der Waals surface area contributed by atoms with Gasteiger partial charge in [-0.3, -0.25) is 9.91 Å². The number of halogens is 3. The zero-order valence-electron chi connectivity index (χ0n) is 21.5. The van der Waals surface area contributed by atoms with Crippen molar-refractivity contribution in [3.8, 4) is 0 Å². The van der Waals surface area contributed by atoms with E-state index in [4.69, 9.17) is 15.8 Å². The van der Waals surface area contributed by atoms with Crippen molar-refractivity contribution in [1.29, 1.82) is 0 Å². The molecule has 0 spiro atoms. The summed E-state index contributed by atoms with van der Waals surface area (Å²) in [7, 11) is 2.03. The third kappa shape index (κ3) is 4.68. The fourth-order valence-electron chi connectivity index (χ4n) is 5.67. The van der Waals surface area contributed by atoms with Gasteiger partial charge in [-0.2, -0.15) is 18.3 Å². The first-order valence-corrected chi connectivity index (χ1v) is 13.8. The maximum Gasteiger partial charge on any atom is 0.416 e. The summed E-state index contributed by atoms with van der Waals surface area (Å²) in [5.41, 5.74) is 6.64. The Morgan fingerprint density at radius 2 is 1.85 bits per heavy atom. The summed E-state index contributed by atoms with van der Waals surface area (Å²) in [5, 5.41) is 11.5. The molecule has 3 aliphatic rings. The van der Waals surface area contributed by atoms with Crippen LogP contribution in [0.25, 0.3) is 0 Å². The number of nitrogens with one attached hydrogen (secondary N) is 1. The van der Waals surface area contributed by atoms with Gasteiger partial charge in [-0.25, -0.2) is 4.99 Å². The minimum atomic E-state index is -4.54. The predicted octanol–water partition coefficient (Wildman–Crippen LogP) is 4.89. The molecule has 204 valence electrons. The van der Waals surface area contributed by atoms with Crippen LogP contribution < -0.4 is 11.1 Å². The lowest BCUT2D eigenvalue weighted by molar-refractivity contribution is -0.138. The fourth-order valence-corrected chi connectivity index (χ4v) is 6.68. The van der Waals surface area contributed by atoms with Crippen LogP contribution in [0.4, 0.5) is 18.9 Å². The predicted molar refractivity (Wildman–Crippen MR) is 149 cm³/mol. The van der Waals surface area contributed by atoms with E-state index in [1.807, 2.05) is 53.8 Å². The summed E-state index contributed by atoms with van der Waals surface area (Å²) in [6, 6.07) is 16.1. The van der Waals surface area contributed by atoms with Gasteiger partial charge in [0.25, 0.3) is 0 Å². The van der Waals surface area contributed by atoms with Crippen LogP contribution >= 0.6 is 11.3 Å². The van der Waals surface area contributed by atoms with Gasteiger partial charge in [-0.15, -0.1) is 11.3 Å². The molecule has 2 unspecified atom stereocenters. The average Bonchev–Trinajstić information content (AvgIpc) is 3.60. The molecule has 3 aromatic rings. The molecular weight excluding hydrogens is 523 g/mol. The molecular formula is C28H30F3N7S. The number of nitrogens with two attached hydrogens (primary N) is 1. The number of rotatable bonds is 5.